The van der Waals surface area contributed by atoms with E-state index in [2.05, 4.69) is 0 Å². The van der Waals surface area contributed by atoms with Crippen LogP contribution in [-0.2, 0) is 10.2 Å². The highest BCUT2D eigenvalue weighted by atomic mass is 32.3. The van der Waals surface area contributed by atoms with Gasteiger partial charge in [-0.1, -0.05) is 12.1 Å². The first-order valence-electron chi connectivity index (χ1n) is 4.17. The van der Waals surface area contributed by atoms with Crippen LogP contribution in [0, 0.1) is 0 Å². The van der Waals surface area contributed by atoms with Gasteiger partial charge in [-0.3, -0.25) is 0 Å². The van der Waals surface area contributed by atoms with Gasteiger partial charge in [0, 0.05) is 0 Å². The molecule has 0 aliphatic carbocycles. The van der Waals surface area contributed by atoms with E-state index >= 15 is 0 Å². The summed E-state index contributed by atoms with van der Waals surface area (Å²) in [4.78, 5) is 0. The molecule has 1 N–H and O–H groups in total. The molecule has 0 aromatic heterocycles. The Labute approximate surface area is 87.5 Å². The van der Waals surface area contributed by atoms with Crippen molar-refractivity contribution in [2.45, 2.75) is 6.10 Å². The lowest BCUT2D eigenvalue weighted by atomic mass is 10.1. The molecule has 0 aliphatic heterocycles. The van der Waals surface area contributed by atoms with Gasteiger partial charge >= 0.3 is 10.2 Å². The quantitative estimate of drug-likeness (QED) is 0.790. The lowest BCUT2D eigenvalue weighted by Gasteiger charge is -2.08. The van der Waals surface area contributed by atoms with Gasteiger partial charge in [0.25, 0.3) is 0 Å². The molecule has 4 nitrogen and oxygen atoms in total. The summed E-state index contributed by atoms with van der Waals surface area (Å²) in [5, 5.41) is 9.36. The van der Waals surface area contributed by atoms with Crippen LogP contribution in [0.3, 0.4) is 0 Å². The van der Waals surface area contributed by atoms with Crippen molar-refractivity contribution in [3.05, 3.63) is 29.8 Å². The number of aliphatic hydroxyl groups is 1. The van der Waals surface area contributed by atoms with E-state index < -0.39 is 22.1 Å². The van der Waals surface area contributed by atoms with Crippen LogP contribution in [0.15, 0.2) is 24.3 Å². The summed E-state index contributed by atoms with van der Waals surface area (Å²) in [6.45, 7) is 0. The van der Waals surface area contributed by atoms with Crippen molar-refractivity contribution in [3.8, 4) is 5.75 Å². The van der Waals surface area contributed by atoms with E-state index in [1.165, 1.54) is 19.2 Å². The van der Waals surface area contributed by atoms with E-state index in [9.17, 15) is 17.4 Å². The van der Waals surface area contributed by atoms with Gasteiger partial charge in [0.05, 0.1) is 13.2 Å². The zero-order valence-corrected chi connectivity index (χ0v) is 8.87. The van der Waals surface area contributed by atoms with Crippen LogP contribution in [-0.4, -0.2) is 26.4 Å². The molecular formula is C9H11FO4S. The lowest BCUT2D eigenvalue weighted by molar-refractivity contribution is 0.200. The Morgan fingerprint density at radius 1 is 1.40 bits per heavy atom. The van der Waals surface area contributed by atoms with Gasteiger partial charge in [0.2, 0.25) is 0 Å². The fourth-order valence-electron chi connectivity index (χ4n) is 1.11. The molecule has 1 aromatic rings. The summed E-state index contributed by atoms with van der Waals surface area (Å²) in [6, 6.07) is 6.08. The highest BCUT2D eigenvalue weighted by Crippen LogP contribution is 2.19. The normalized spacial score (nSPS) is 13.5. The second-order valence-corrected chi connectivity index (χ2v) is 4.41. The molecular weight excluding hydrogens is 223 g/mol. The molecule has 0 spiro atoms. The summed E-state index contributed by atoms with van der Waals surface area (Å²) in [6.07, 6.45) is -1.36. The van der Waals surface area contributed by atoms with Crippen molar-refractivity contribution in [2.24, 2.45) is 0 Å². The van der Waals surface area contributed by atoms with Crippen molar-refractivity contribution in [1.29, 1.82) is 0 Å². The van der Waals surface area contributed by atoms with Gasteiger partial charge in [-0.15, -0.1) is 3.89 Å². The monoisotopic (exact) mass is 234 g/mol. The minimum Gasteiger partial charge on any atom is -0.497 e. The van der Waals surface area contributed by atoms with Gasteiger partial charge in [0.1, 0.15) is 11.5 Å². The number of hydrogen-bond acceptors (Lipinski definition) is 4. The SMILES string of the molecule is COc1ccc(C(O)CS(=O)(=O)F)cc1. The second kappa shape index (κ2) is 4.59. The van der Waals surface area contributed by atoms with E-state index in [0.717, 1.165) is 0 Å². The first-order chi connectivity index (χ1) is 6.92. The molecule has 0 bridgehead atoms. The molecule has 6 heteroatoms. The second-order valence-electron chi connectivity index (χ2n) is 2.99. The first kappa shape index (κ1) is 11.9. The Hall–Kier alpha value is -1.14. The molecule has 1 rings (SSSR count). The van der Waals surface area contributed by atoms with Crippen LogP contribution in [0.4, 0.5) is 3.89 Å². The van der Waals surface area contributed by atoms with Crippen molar-refractivity contribution in [3.63, 3.8) is 0 Å². The highest BCUT2D eigenvalue weighted by molar-refractivity contribution is 7.86. The third-order valence-corrected chi connectivity index (χ3v) is 2.57. The number of benzene rings is 1. The first-order valence-corrected chi connectivity index (χ1v) is 5.72. The van der Waals surface area contributed by atoms with Crippen molar-refractivity contribution in [1.82, 2.24) is 0 Å². The van der Waals surface area contributed by atoms with Crippen molar-refractivity contribution < 1.29 is 22.1 Å². The average molecular weight is 234 g/mol. The Morgan fingerprint density at radius 3 is 2.33 bits per heavy atom. The Balaban J connectivity index is 2.78. The molecule has 1 atom stereocenters. The Kier molecular flexibility index (Phi) is 3.65. The molecule has 0 aliphatic rings. The van der Waals surface area contributed by atoms with Gasteiger partial charge in [-0.2, -0.15) is 8.42 Å². The third-order valence-electron chi connectivity index (χ3n) is 1.86. The van der Waals surface area contributed by atoms with E-state index in [1.807, 2.05) is 0 Å². The fourth-order valence-corrected chi connectivity index (χ4v) is 1.68. The van der Waals surface area contributed by atoms with Gasteiger partial charge < -0.3 is 9.84 Å². The molecule has 0 amide bonds. The molecule has 1 aromatic carbocycles. The van der Waals surface area contributed by atoms with Crippen LogP contribution in [0.25, 0.3) is 0 Å². The topological polar surface area (TPSA) is 63.6 Å². The number of halogens is 1. The third kappa shape index (κ3) is 3.85. The molecule has 0 saturated heterocycles. The number of rotatable bonds is 4. The average Bonchev–Trinajstić information content (AvgIpc) is 2.15. The molecule has 0 fully saturated rings. The highest BCUT2D eigenvalue weighted by Gasteiger charge is 2.17. The van der Waals surface area contributed by atoms with Gasteiger partial charge in [0.15, 0.2) is 0 Å². The van der Waals surface area contributed by atoms with Crippen molar-refractivity contribution in [2.75, 3.05) is 12.9 Å². The zero-order chi connectivity index (χ0) is 11.5. The van der Waals surface area contributed by atoms with E-state index in [1.54, 1.807) is 12.1 Å². The number of hydrogen-bond donors (Lipinski definition) is 1. The molecule has 0 heterocycles. The summed E-state index contributed by atoms with van der Waals surface area (Å²) >= 11 is 0. The molecule has 0 radical (unpaired) electrons. The summed E-state index contributed by atoms with van der Waals surface area (Å²) in [7, 11) is -3.18. The summed E-state index contributed by atoms with van der Waals surface area (Å²) in [5.74, 6) is -0.353. The maximum absolute atomic E-state index is 12.3. The van der Waals surface area contributed by atoms with Crippen molar-refractivity contribution >= 4 is 10.2 Å². The maximum Gasteiger partial charge on any atom is 0.305 e. The fraction of sp³-hybridized carbons (Fsp3) is 0.333. The van der Waals surface area contributed by atoms with Crippen LogP contribution in [0.2, 0.25) is 0 Å². The molecule has 84 valence electrons. The predicted molar refractivity (Wildman–Crippen MR) is 52.8 cm³/mol. The molecule has 1 unspecified atom stereocenters. The van der Waals surface area contributed by atoms with Crippen LogP contribution < -0.4 is 4.74 Å². The Morgan fingerprint density at radius 2 is 1.93 bits per heavy atom. The smallest absolute Gasteiger partial charge is 0.305 e. The Bertz CT molecular complexity index is 412. The minimum atomic E-state index is -4.67. The number of aliphatic hydroxyl groups excluding tert-OH is 1. The summed E-state index contributed by atoms with van der Waals surface area (Å²) in [5.41, 5.74) is 0.331. The lowest BCUT2D eigenvalue weighted by Crippen LogP contribution is -2.09. The predicted octanol–water partition coefficient (Wildman–Crippen LogP) is 1.03. The molecule has 0 saturated carbocycles. The molecule has 15 heavy (non-hydrogen) atoms. The number of methoxy groups -OCH3 is 1. The number of ether oxygens (including phenoxy) is 1. The summed E-state index contributed by atoms with van der Waals surface area (Å²) < 4.78 is 37.7. The zero-order valence-electron chi connectivity index (χ0n) is 8.05. The van der Waals surface area contributed by atoms with Gasteiger partial charge in [-0.25, -0.2) is 0 Å². The van der Waals surface area contributed by atoms with E-state index in [4.69, 9.17) is 4.74 Å². The maximum atomic E-state index is 12.3. The van der Waals surface area contributed by atoms with Crippen LogP contribution in [0.1, 0.15) is 11.7 Å². The minimum absolute atomic E-state index is 0.331. The van der Waals surface area contributed by atoms with Crippen LogP contribution >= 0.6 is 0 Å². The van der Waals surface area contributed by atoms with E-state index in [0.29, 0.717) is 11.3 Å². The van der Waals surface area contributed by atoms with Crippen LogP contribution in [0.5, 0.6) is 5.75 Å². The van der Waals surface area contributed by atoms with Gasteiger partial charge in [-0.05, 0) is 17.7 Å². The largest absolute Gasteiger partial charge is 0.497 e. The standard InChI is InChI=1S/C9H11FO4S/c1-14-8-4-2-7(3-5-8)9(11)6-15(10,12)13/h2-5,9,11H,6H2,1H3. The van der Waals surface area contributed by atoms with E-state index in [-0.39, 0.29) is 0 Å².